The van der Waals surface area contributed by atoms with Gasteiger partial charge < -0.3 is 14.9 Å². The zero-order valence-corrected chi connectivity index (χ0v) is 15.9. The average Bonchev–Trinajstić information content (AvgIpc) is 2.90. The topological polar surface area (TPSA) is 104 Å². The normalized spacial score (nSPS) is 16.5. The van der Waals surface area contributed by atoms with Crippen LogP contribution in [0.15, 0.2) is 47.4 Å². The average molecular weight is 399 g/mol. The van der Waals surface area contributed by atoms with Gasteiger partial charge in [-0.25, -0.2) is 9.69 Å². The third kappa shape index (κ3) is 4.01. The summed E-state index contributed by atoms with van der Waals surface area (Å²) in [5, 5.41) is 18.0. The van der Waals surface area contributed by atoms with E-state index in [2.05, 4.69) is 0 Å². The van der Waals surface area contributed by atoms with Crippen LogP contribution >= 0.6 is 11.8 Å². The summed E-state index contributed by atoms with van der Waals surface area (Å²) in [7, 11) is 0. The number of amides is 2. The first kappa shape index (κ1) is 19.5. The Hall–Kier alpha value is -3.26. The number of hydrogen-bond acceptors (Lipinski definition) is 6. The number of phenols is 1. The van der Waals surface area contributed by atoms with E-state index in [9.17, 15) is 19.5 Å². The second kappa shape index (κ2) is 7.77. The van der Waals surface area contributed by atoms with Gasteiger partial charge in [-0.1, -0.05) is 12.1 Å². The fourth-order valence-corrected chi connectivity index (χ4v) is 3.45. The van der Waals surface area contributed by atoms with E-state index in [0.29, 0.717) is 22.6 Å². The van der Waals surface area contributed by atoms with Crippen LogP contribution in [0.5, 0.6) is 11.5 Å². The van der Waals surface area contributed by atoms with Gasteiger partial charge in [-0.3, -0.25) is 9.59 Å². The lowest BCUT2D eigenvalue weighted by atomic mass is 10.1. The van der Waals surface area contributed by atoms with Gasteiger partial charge in [-0.05, 0) is 73.1 Å². The van der Waals surface area contributed by atoms with Crippen molar-refractivity contribution in [3.05, 3.63) is 58.5 Å². The van der Waals surface area contributed by atoms with Crippen LogP contribution in [0.1, 0.15) is 18.1 Å². The first-order chi connectivity index (χ1) is 13.3. The number of aryl methyl sites for hydroxylation is 1. The molecule has 3 rings (SSSR count). The molecular weight excluding hydrogens is 382 g/mol. The Balaban J connectivity index is 1.81. The highest BCUT2D eigenvalue weighted by Gasteiger charge is 2.37. The highest BCUT2D eigenvalue weighted by Crippen LogP contribution is 2.37. The molecule has 1 aliphatic heterocycles. The summed E-state index contributed by atoms with van der Waals surface area (Å²) in [5.41, 5.74) is 1.70. The number of aliphatic carboxylic acids is 1. The summed E-state index contributed by atoms with van der Waals surface area (Å²) in [6.45, 7) is 3.14. The molecule has 1 saturated heterocycles. The molecule has 1 fully saturated rings. The number of phenolic OH excluding ortho intramolecular Hbond substituents is 1. The molecule has 2 amide bonds. The number of hydrogen-bond donors (Lipinski definition) is 2. The number of ether oxygens (including phenoxy) is 1. The third-order valence-corrected chi connectivity index (χ3v) is 4.92. The maximum Gasteiger partial charge on any atom is 0.344 e. The lowest BCUT2D eigenvalue weighted by molar-refractivity contribution is -0.144. The van der Waals surface area contributed by atoms with Gasteiger partial charge in [0.1, 0.15) is 11.5 Å². The summed E-state index contributed by atoms with van der Waals surface area (Å²) < 4.78 is 5.26. The summed E-state index contributed by atoms with van der Waals surface area (Å²) in [6.07, 6.45) is 0.612. The van der Waals surface area contributed by atoms with Crippen molar-refractivity contribution >= 4 is 40.6 Å². The second-order valence-electron chi connectivity index (χ2n) is 6.16. The highest BCUT2D eigenvalue weighted by atomic mass is 32.2. The number of aromatic hydroxyl groups is 1. The Morgan fingerprint density at radius 3 is 2.46 bits per heavy atom. The molecule has 0 radical (unpaired) electrons. The largest absolute Gasteiger partial charge is 0.508 e. The van der Waals surface area contributed by atoms with Gasteiger partial charge in [0, 0.05) is 0 Å². The van der Waals surface area contributed by atoms with E-state index in [4.69, 9.17) is 9.84 Å². The van der Waals surface area contributed by atoms with Crippen LogP contribution in [0.3, 0.4) is 0 Å². The second-order valence-corrected chi connectivity index (χ2v) is 7.15. The van der Waals surface area contributed by atoms with Crippen LogP contribution in [0, 0.1) is 6.92 Å². The van der Waals surface area contributed by atoms with Crippen molar-refractivity contribution < 1.29 is 29.3 Å². The minimum absolute atomic E-state index is 0.0586. The smallest absolute Gasteiger partial charge is 0.344 e. The Bertz CT molecular complexity index is 983. The fourth-order valence-electron chi connectivity index (χ4n) is 2.61. The standard InChI is InChI=1S/C20H17NO6S/c1-11-9-14(22)5-8-16(11)21-18(23)17(28-20(21)26)10-13-3-6-15(7-4-13)27-12(2)19(24)25/h3-10,12,22H,1-2H3,(H,24,25)/b17-10+. The van der Waals surface area contributed by atoms with E-state index < -0.39 is 23.2 Å². The van der Waals surface area contributed by atoms with Gasteiger partial charge in [0.2, 0.25) is 0 Å². The van der Waals surface area contributed by atoms with Crippen molar-refractivity contribution in [2.75, 3.05) is 4.90 Å². The summed E-state index contributed by atoms with van der Waals surface area (Å²) in [6, 6.07) is 11.0. The molecule has 144 valence electrons. The monoisotopic (exact) mass is 399 g/mol. The molecule has 2 N–H and O–H groups in total. The van der Waals surface area contributed by atoms with Gasteiger partial charge in [0.15, 0.2) is 6.10 Å². The number of nitrogens with zero attached hydrogens (tertiary/aromatic N) is 1. The number of rotatable bonds is 5. The lowest BCUT2D eigenvalue weighted by Gasteiger charge is -2.15. The molecule has 1 aliphatic rings. The number of imide groups is 1. The van der Waals surface area contributed by atoms with E-state index >= 15 is 0 Å². The Labute approximate surface area is 165 Å². The number of carbonyl (C=O) groups is 3. The lowest BCUT2D eigenvalue weighted by Crippen LogP contribution is -2.28. The third-order valence-electron chi connectivity index (χ3n) is 4.05. The molecule has 8 heteroatoms. The van der Waals surface area contributed by atoms with Gasteiger partial charge >= 0.3 is 5.97 Å². The van der Waals surface area contributed by atoms with Crippen molar-refractivity contribution in [3.8, 4) is 11.5 Å². The number of thioether (sulfide) groups is 1. The Morgan fingerprint density at radius 1 is 1.18 bits per heavy atom. The predicted molar refractivity (Wildman–Crippen MR) is 105 cm³/mol. The van der Waals surface area contributed by atoms with E-state index in [1.54, 1.807) is 37.3 Å². The zero-order chi connectivity index (χ0) is 20.4. The molecule has 0 spiro atoms. The van der Waals surface area contributed by atoms with Crippen LogP contribution in [0.4, 0.5) is 10.5 Å². The number of anilines is 1. The summed E-state index contributed by atoms with van der Waals surface area (Å²) in [5.74, 6) is -1.06. The summed E-state index contributed by atoms with van der Waals surface area (Å²) in [4.78, 5) is 37.2. The first-order valence-corrected chi connectivity index (χ1v) is 9.15. The van der Waals surface area contributed by atoms with Crippen LogP contribution < -0.4 is 9.64 Å². The van der Waals surface area contributed by atoms with Crippen LogP contribution in [0.25, 0.3) is 6.08 Å². The SMILES string of the molecule is Cc1cc(O)ccc1N1C(=O)S/C(=C/c2ccc(OC(C)C(=O)O)cc2)C1=O. The van der Waals surface area contributed by atoms with Crippen molar-refractivity contribution in [2.24, 2.45) is 0 Å². The summed E-state index contributed by atoms with van der Waals surface area (Å²) >= 11 is 0.830. The van der Waals surface area contributed by atoms with Gasteiger partial charge in [-0.15, -0.1) is 0 Å². The number of carboxylic acid groups (broad SMARTS) is 1. The minimum atomic E-state index is -1.07. The minimum Gasteiger partial charge on any atom is -0.508 e. The molecule has 28 heavy (non-hydrogen) atoms. The van der Waals surface area contributed by atoms with Gasteiger partial charge in [0.05, 0.1) is 10.6 Å². The Morgan fingerprint density at radius 2 is 1.86 bits per heavy atom. The van der Waals surface area contributed by atoms with Crippen molar-refractivity contribution in [1.82, 2.24) is 0 Å². The van der Waals surface area contributed by atoms with Gasteiger partial charge in [0.25, 0.3) is 11.1 Å². The van der Waals surface area contributed by atoms with Crippen LogP contribution in [0.2, 0.25) is 0 Å². The van der Waals surface area contributed by atoms with Crippen molar-refractivity contribution in [2.45, 2.75) is 20.0 Å². The van der Waals surface area contributed by atoms with Crippen molar-refractivity contribution in [1.29, 1.82) is 0 Å². The fraction of sp³-hybridized carbons (Fsp3) is 0.150. The zero-order valence-electron chi connectivity index (χ0n) is 15.1. The molecule has 2 aromatic carbocycles. The number of carboxylic acids is 1. The molecule has 1 heterocycles. The number of benzene rings is 2. The van der Waals surface area contributed by atoms with Crippen LogP contribution in [-0.2, 0) is 9.59 Å². The van der Waals surface area contributed by atoms with Crippen molar-refractivity contribution in [3.63, 3.8) is 0 Å². The molecular formula is C20H17NO6S. The maximum absolute atomic E-state index is 12.7. The highest BCUT2D eigenvalue weighted by molar-refractivity contribution is 8.19. The quantitative estimate of drug-likeness (QED) is 0.737. The Kier molecular flexibility index (Phi) is 5.41. The van der Waals surface area contributed by atoms with E-state index in [1.165, 1.54) is 25.1 Å². The maximum atomic E-state index is 12.7. The molecule has 0 aromatic heterocycles. The molecule has 7 nitrogen and oxygen atoms in total. The molecule has 1 unspecified atom stereocenters. The molecule has 0 bridgehead atoms. The number of carbonyl (C=O) groups excluding carboxylic acids is 2. The van der Waals surface area contributed by atoms with E-state index in [1.807, 2.05) is 0 Å². The molecule has 1 atom stereocenters. The molecule has 0 aliphatic carbocycles. The molecule has 0 saturated carbocycles. The van der Waals surface area contributed by atoms with Crippen LogP contribution in [-0.4, -0.2) is 33.4 Å². The first-order valence-electron chi connectivity index (χ1n) is 8.33. The molecule has 2 aromatic rings. The van der Waals surface area contributed by atoms with E-state index in [-0.39, 0.29) is 10.7 Å². The van der Waals surface area contributed by atoms with Gasteiger partial charge in [-0.2, -0.15) is 0 Å². The van der Waals surface area contributed by atoms with E-state index in [0.717, 1.165) is 16.7 Å². The predicted octanol–water partition coefficient (Wildman–Crippen LogP) is 3.79.